The zero-order valence-electron chi connectivity index (χ0n) is 4.17. The van der Waals surface area contributed by atoms with Gasteiger partial charge in [-0.3, -0.25) is 0 Å². The van der Waals surface area contributed by atoms with E-state index in [9.17, 15) is 0 Å². The van der Waals surface area contributed by atoms with Crippen molar-refractivity contribution in [2.24, 2.45) is 5.92 Å². The number of aliphatic hydroxyl groups is 2. The van der Waals surface area contributed by atoms with Crippen molar-refractivity contribution >= 4 is 0 Å². The molecule has 0 saturated heterocycles. The molecule has 42 valence electrons. The molecule has 1 aliphatic rings. The second-order valence-corrected chi connectivity index (χ2v) is 2.09. The van der Waals surface area contributed by atoms with E-state index in [4.69, 9.17) is 10.2 Å². The molecule has 0 heterocycles. The Bertz CT molecular complexity index is 59.1. The van der Waals surface area contributed by atoms with Crippen LogP contribution in [-0.4, -0.2) is 22.9 Å². The van der Waals surface area contributed by atoms with E-state index in [1.807, 2.05) is 0 Å². The van der Waals surface area contributed by atoms with Crippen LogP contribution < -0.4 is 0 Å². The first kappa shape index (κ1) is 5.06. The van der Waals surface area contributed by atoms with Crippen LogP contribution in [0.3, 0.4) is 0 Å². The molecule has 0 aromatic heterocycles. The molecule has 7 heavy (non-hydrogen) atoms. The normalized spacial score (nSPS) is 24.9. The molecule has 0 aromatic rings. The van der Waals surface area contributed by atoms with Crippen LogP contribution in [0.4, 0.5) is 0 Å². The summed E-state index contributed by atoms with van der Waals surface area (Å²) in [6.07, 6.45) is 1.77. The minimum absolute atomic E-state index is 0.0648. The molecule has 0 amide bonds. The Kier molecular flexibility index (Phi) is 1.30. The first-order valence-electron chi connectivity index (χ1n) is 2.63. The summed E-state index contributed by atoms with van der Waals surface area (Å²) in [4.78, 5) is 0. The quantitative estimate of drug-likeness (QED) is 0.504. The third kappa shape index (κ3) is 1.14. The molecule has 1 aliphatic carbocycles. The maximum Gasteiger partial charge on any atom is 0.0799 e. The third-order valence-electron chi connectivity index (χ3n) is 1.35. The first-order valence-corrected chi connectivity index (χ1v) is 2.63. The molecule has 1 saturated carbocycles. The Morgan fingerprint density at radius 3 is 2.29 bits per heavy atom. The molecule has 1 fully saturated rings. The van der Waals surface area contributed by atoms with Gasteiger partial charge in [-0.2, -0.15) is 0 Å². The summed E-state index contributed by atoms with van der Waals surface area (Å²) in [5, 5.41) is 17.0. The van der Waals surface area contributed by atoms with Gasteiger partial charge in [0.2, 0.25) is 0 Å². The molecule has 2 N–H and O–H groups in total. The first-order chi connectivity index (χ1) is 3.34. The van der Waals surface area contributed by atoms with Crippen molar-refractivity contribution in [1.29, 1.82) is 0 Å². The Hall–Kier alpha value is -0.0800. The van der Waals surface area contributed by atoms with Gasteiger partial charge in [0.25, 0.3) is 0 Å². The van der Waals surface area contributed by atoms with Crippen molar-refractivity contribution in [1.82, 2.24) is 0 Å². The lowest BCUT2D eigenvalue weighted by Gasteiger charge is -2.00. The summed E-state index contributed by atoms with van der Waals surface area (Å²) < 4.78 is 0. The maximum atomic E-state index is 8.75. The van der Waals surface area contributed by atoms with Crippen LogP contribution in [0, 0.1) is 5.92 Å². The number of aliphatic hydroxyl groups excluding tert-OH is 2. The van der Waals surface area contributed by atoms with E-state index in [0.717, 1.165) is 12.8 Å². The molecular weight excluding hydrogens is 92.1 g/mol. The molecule has 0 spiro atoms. The fourth-order valence-corrected chi connectivity index (χ4v) is 0.630. The van der Waals surface area contributed by atoms with Crippen LogP contribution >= 0.6 is 0 Å². The molecule has 1 rings (SSSR count). The number of rotatable bonds is 2. The molecule has 2 heteroatoms. The highest BCUT2D eigenvalue weighted by molar-refractivity contribution is 4.79. The molecule has 0 unspecified atom stereocenters. The lowest BCUT2D eigenvalue weighted by molar-refractivity contribution is 0.0781. The average molecular weight is 102 g/mol. The van der Waals surface area contributed by atoms with Crippen LogP contribution in [0.5, 0.6) is 0 Å². The summed E-state index contributed by atoms with van der Waals surface area (Å²) in [6.45, 7) is -0.0648. The predicted molar refractivity (Wildman–Crippen MR) is 25.8 cm³/mol. The van der Waals surface area contributed by atoms with Gasteiger partial charge in [-0.25, -0.2) is 0 Å². The predicted octanol–water partition coefficient (Wildman–Crippen LogP) is -0.250. The summed E-state index contributed by atoms with van der Waals surface area (Å²) in [7, 11) is 0. The van der Waals surface area contributed by atoms with Gasteiger partial charge >= 0.3 is 0 Å². The number of hydrogen-bond donors (Lipinski definition) is 2. The van der Waals surface area contributed by atoms with Gasteiger partial charge in [0.05, 0.1) is 12.7 Å². The Morgan fingerprint density at radius 1 is 1.57 bits per heavy atom. The second-order valence-electron chi connectivity index (χ2n) is 2.09. The Labute approximate surface area is 42.8 Å². The Morgan fingerprint density at radius 2 is 2.14 bits per heavy atom. The highest BCUT2D eigenvalue weighted by Crippen LogP contribution is 2.31. The van der Waals surface area contributed by atoms with Crippen molar-refractivity contribution in [3.63, 3.8) is 0 Å². The van der Waals surface area contributed by atoms with E-state index < -0.39 is 6.10 Å². The third-order valence-corrected chi connectivity index (χ3v) is 1.35. The molecule has 0 bridgehead atoms. The molecular formula is C5H10O2. The van der Waals surface area contributed by atoms with Crippen molar-refractivity contribution in [3.8, 4) is 0 Å². The lowest BCUT2D eigenvalue weighted by Crippen LogP contribution is -2.13. The molecule has 0 aromatic carbocycles. The van der Waals surface area contributed by atoms with Crippen LogP contribution in [0.2, 0.25) is 0 Å². The van der Waals surface area contributed by atoms with Crippen LogP contribution in [-0.2, 0) is 0 Å². The van der Waals surface area contributed by atoms with Gasteiger partial charge in [-0.1, -0.05) is 0 Å². The van der Waals surface area contributed by atoms with Gasteiger partial charge in [-0.15, -0.1) is 0 Å². The smallest absolute Gasteiger partial charge is 0.0799 e. The fraction of sp³-hybridized carbons (Fsp3) is 1.00. The minimum Gasteiger partial charge on any atom is -0.394 e. The van der Waals surface area contributed by atoms with Gasteiger partial charge < -0.3 is 10.2 Å². The van der Waals surface area contributed by atoms with Crippen molar-refractivity contribution in [2.45, 2.75) is 18.9 Å². The largest absolute Gasteiger partial charge is 0.394 e. The Balaban J connectivity index is 2.10. The summed E-state index contributed by atoms with van der Waals surface area (Å²) in [6, 6.07) is 0. The zero-order valence-corrected chi connectivity index (χ0v) is 4.17. The highest BCUT2D eigenvalue weighted by atomic mass is 16.3. The zero-order chi connectivity index (χ0) is 5.28. The summed E-state index contributed by atoms with van der Waals surface area (Å²) >= 11 is 0. The van der Waals surface area contributed by atoms with Crippen molar-refractivity contribution < 1.29 is 10.2 Å². The van der Waals surface area contributed by atoms with Crippen LogP contribution in [0.1, 0.15) is 12.8 Å². The van der Waals surface area contributed by atoms with E-state index in [1.165, 1.54) is 0 Å². The number of hydrogen-bond acceptors (Lipinski definition) is 2. The summed E-state index contributed by atoms with van der Waals surface area (Å²) in [5.74, 6) is 0.421. The van der Waals surface area contributed by atoms with Gasteiger partial charge in [-0.05, 0) is 18.8 Å². The molecule has 2 nitrogen and oxygen atoms in total. The second kappa shape index (κ2) is 1.80. The van der Waals surface area contributed by atoms with E-state index in [2.05, 4.69) is 0 Å². The van der Waals surface area contributed by atoms with Gasteiger partial charge in [0.1, 0.15) is 0 Å². The monoisotopic (exact) mass is 102 g/mol. The SMILES string of the molecule is OC[C@@H](O)C1CC1. The van der Waals surface area contributed by atoms with Gasteiger partial charge in [0.15, 0.2) is 0 Å². The van der Waals surface area contributed by atoms with E-state index in [0.29, 0.717) is 5.92 Å². The van der Waals surface area contributed by atoms with Crippen LogP contribution in [0.15, 0.2) is 0 Å². The van der Waals surface area contributed by atoms with Crippen molar-refractivity contribution in [3.05, 3.63) is 0 Å². The molecule has 1 atom stereocenters. The van der Waals surface area contributed by atoms with E-state index in [-0.39, 0.29) is 6.61 Å². The topological polar surface area (TPSA) is 40.5 Å². The van der Waals surface area contributed by atoms with E-state index in [1.54, 1.807) is 0 Å². The molecule has 0 aliphatic heterocycles. The summed E-state index contributed by atoms with van der Waals surface area (Å²) in [5.41, 5.74) is 0. The lowest BCUT2D eigenvalue weighted by atomic mass is 10.2. The van der Waals surface area contributed by atoms with Crippen molar-refractivity contribution in [2.75, 3.05) is 6.61 Å². The molecule has 0 radical (unpaired) electrons. The highest BCUT2D eigenvalue weighted by Gasteiger charge is 2.28. The maximum absolute atomic E-state index is 8.75. The minimum atomic E-state index is -0.431. The van der Waals surface area contributed by atoms with Crippen LogP contribution in [0.25, 0.3) is 0 Å². The fourth-order valence-electron chi connectivity index (χ4n) is 0.630. The van der Waals surface area contributed by atoms with Gasteiger partial charge in [0, 0.05) is 0 Å². The average Bonchev–Trinajstić information content (AvgIpc) is 2.44. The van der Waals surface area contributed by atoms with E-state index >= 15 is 0 Å². The standard InChI is InChI=1S/C5H10O2/c6-3-5(7)4-1-2-4/h4-7H,1-3H2/t5-/m1/s1.